The molecule has 0 saturated carbocycles. The second-order valence-corrected chi connectivity index (χ2v) is 6.59. The van der Waals surface area contributed by atoms with E-state index < -0.39 is 0 Å². The van der Waals surface area contributed by atoms with E-state index in [0.717, 1.165) is 0 Å². The molecule has 0 heterocycles. The second kappa shape index (κ2) is 13.2. The summed E-state index contributed by atoms with van der Waals surface area (Å²) in [4.78, 5) is 0. The smallest absolute Gasteiger partial charge is 0.0485 e. The molecule has 0 aliphatic carbocycles. The number of hydrogen-bond acceptors (Lipinski definition) is 0. The normalized spacial score (nSPS) is 11.0. The van der Waals surface area contributed by atoms with Crippen molar-refractivity contribution in [1.29, 1.82) is 0 Å². The van der Waals surface area contributed by atoms with Crippen LogP contribution in [0.4, 0.5) is 0 Å². The average Bonchev–Trinajstić information content (AvgIpc) is 2.50. The molecule has 0 N–H and O–H groups in total. The van der Waals surface area contributed by atoms with E-state index in [1.54, 1.807) is 0 Å². The summed E-state index contributed by atoms with van der Waals surface area (Å²) < 4.78 is 0. The number of aryl methyl sites for hydroxylation is 1. The monoisotopic (exact) mass is 307 g/mol. The Morgan fingerprint density at radius 2 is 1.29 bits per heavy atom. The number of unbranched alkanes of at least 4 members (excludes halogenated alkanes) is 11. The molecule has 119 valence electrons. The summed E-state index contributed by atoms with van der Waals surface area (Å²) in [6.45, 7) is 2.28. The van der Waals surface area contributed by atoms with Gasteiger partial charge in [0.25, 0.3) is 0 Å². The number of benzene rings is 1. The highest BCUT2D eigenvalue weighted by Gasteiger charge is 1.96. The van der Waals surface area contributed by atoms with Crippen LogP contribution in [0.5, 0.6) is 0 Å². The van der Waals surface area contributed by atoms with Crippen molar-refractivity contribution < 1.29 is 0 Å². The first-order valence-corrected chi connectivity index (χ1v) is 9.37. The van der Waals surface area contributed by atoms with Crippen molar-refractivity contribution in [2.75, 3.05) is 0 Å². The number of rotatable bonds is 13. The number of halogens is 1. The van der Waals surface area contributed by atoms with Crippen LogP contribution in [0.15, 0.2) is 18.2 Å². The maximum atomic E-state index is 5.84. The first-order valence-electron chi connectivity index (χ1n) is 8.99. The maximum Gasteiger partial charge on any atom is 0.0485 e. The summed E-state index contributed by atoms with van der Waals surface area (Å²) in [5.74, 6) is 0. The molecule has 0 spiro atoms. The third kappa shape index (κ3) is 10.8. The Morgan fingerprint density at radius 3 is 1.76 bits per heavy atom. The zero-order chi connectivity index (χ0) is 15.2. The van der Waals surface area contributed by atoms with Gasteiger partial charge in [-0.25, -0.2) is 0 Å². The largest absolute Gasteiger partial charge is 0.0837 e. The molecule has 1 aromatic rings. The van der Waals surface area contributed by atoms with Crippen LogP contribution in [-0.2, 0) is 6.42 Å². The minimum Gasteiger partial charge on any atom is -0.0837 e. The van der Waals surface area contributed by atoms with Crippen LogP contribution in [0.1, 0.15) is 89.5 Å². The standard InChI is InChI=1S/C20H32Cl/c1-2-3-4-5-6-7-8-9-10-11-12-13-14-19-15-17-20(21)18-16-19/h15-17H,2-14H2,1H3. The molecule has 0 unspecified atom stereocenters. The van der Waals surface area contributed by atoms with Crippen LogP contribution in [0.3, 0.4) is 0 Å². The van der Waals surface area contributed by atoms with Gasteiger partial charge in [0.05, 0.1) is 0 Å². The molecule has 0 aliphatic heterocycles. The highest BCUT2D eigenvalue weighted by molar-refractivity contribution is 6.30. The van der Waals surface area contributed by atoms with Crippen molar-refractivity contribution >= 4 is 11.6 Å². The minimum atomic E-state index is 0.716. The molecule has 1 heteroatoms. The Morgan fingerprint density at radius 1 is 0.762 bits per heavy atom. The van der Waals surface area contributed by atoms with Crippen LogP contribution in [0.25, 0.3) is 0 Å². The van der Waals surface area contributed by atoms with E-state index in [9.17, 15) is 0 Å². The molecule has 1 rings (SSSR count). The molecule has 0 fully saturated rings. The van der Waals surface area contributed by atoms with E-state index in [4.69, 9.17) is 11.6 Å². The van der Waals surface area contributed by atoms with Gasteiger partial charge in [-0.2, -0.15) is 0 Å². The first kappa shape index (κ1) is 18.6. The van der Waals surface area contributed by atoms with Gasteiger partial charge < -0.3 is 0 Å². The van der Waals surface area contributed by atoms with Crippen LogP contribution in [0.2, 0.25) is 5.02 Å². The molecular weight excluding hydrogens is 276 g/mol. The highest BCUT2D eigenvalue weighted by atomic mass is 35.5. The van der Waals surface area contributed by atoms with Crippen LogP contribution < -0.4 is 0 Å². The lowest BCUT2D eigenvalue weighted by Gasteiger charge is -2.03. The van der Waals surface area contributed by atoms with Gasteiger partial charge in [0.15, 0.2) is 0 Å². The van der Waals surface area contributed by atoms with Crippen molar-refractivity contribution in [3.63, 3.8) is 0 Å². The molecule has 0 amide bonds. The van der Waals surface area contributed by atoms with Gasteiger partial charge in [-0.3, -0.25) is 0 Å². The summed E-state index contributed by atoms with van der Waals surface area (Å²) in [6.07, 6.45) is 18.1. The van der Waals surface area contributed by atoms with E-state index in [0.29, 0.717) is 5.02 Å². The summed E-state index contributed by atoms with van der Waals surface area (Å²) in [5.41, 5.74) is 1.37. The Kier molecular flexibility index (Phi) is 11.7. The predicted octanol–water partition coefficient (Wildman–Crippen LogP) is 7.38. The molecule has 0 aromatic heterocycles. The van der Waals surface area contributed by atoms with Gasteiger partial charge in [-0.15, -0.1) is 0 Å². The van der Waals surface area contributed by atoms with E-state index >= 15 is 0 Å². The molecule has 1 aromatic carbocycles. The Bertz CT molecular complexity index is 328. The molecular formula is C20H32Cl. The Hall–Kier alpha value is -0.490. The van der Waals surface area contributed by atoms with Gasteiger partial charge in [0.2, 0.25) is 0 Å². The molecule has 0 atom stereocenters. The van der Waals surface area contributed by atoms with E-state index in [2.05, 4.69) is 19.1 Å². The number of hydrogen-bond donors (Lipinski definition) is 0. The van der Waals surface area contributed by atoms with Crippen molar-refractivity contribution in [3.8, 4) is 0 Å². The van der Waals surface area contributed by atoms with Crippen LogP contribution >= 0.6 is 11.6 Å². The Labute approximate surface area is 137 Å². The fourth-order valence-electron chi connectivity index (χ4n) is 2.76. The fourth-order valence-corrected chi connectivity index (χ4v) is 2.88. The topological polar surface area (TPSA) is 0 Å². The van der Waals surface area contributed by atoms with Gasteiger partial charge >= 0.3 is 0 Å². The highest BCUT2D eigenvalue weighted by Crippen LogP contribution is 2.14. The summed E-state index contributed by atoms with van der Waals surface area (Å²) in [7, 11) is 0. The van der Waals surface area contributed by atoms with Crippen molar-refractivity contribution in [3.05, 3.63) is 34.9 Å². The van der Waals surface area contributed by atoms with E-state index in [1.807, 2.05) is 12.1 Å². The van der Waals surface area contributed by atoms with E-state index in [1.165, 1.54) is 89.0 Å². The SMILES string of the molecule is CCCCCCCCCCCCCCc1c[c]c(Cl)cc1. The lowest BCUT2D eigenvalue weighted by atomic mass is 10.0. The van der Waals surface area contributed by atoms with Crippen molar-refractivity contribution in [2.24, 2.45) is 0 Å². The van der Waals surface area contributed by atoms with E-state index in [-0.39, 0.29) is 0 Å². The predicted molar refractivity (Wildman–Crippen MR) is 95.1 cm³/mol. The van der Waals surface area contributed by atoms with Crippen LogP contribution in [-0.4, -0.2) is 0 Å². The lowest BCUT2D eigenvalue weighted by Crippen LogP contribution is -1.86. The third-order valence-electron chi connectivity index (χ3n) is 4.16. The molecule has 0 nitrogen and oxygen atoms in total. The third-order valence-corrected chi connectivity index (χ3v) is 4.39. The van der Waals surface area contributed by atoms with Gasteiger partial charge in [0.1, 0.15) is 0 Å². The van der Waals surface area contributed by atoms with Crippen molar-refractivity contribution in [1.82, 2.24) is 0 Å². The summed E-state index contributed by atoms with van der Waals surface area (Å²) in [5, 5.41) is 0.716. The second-order valence-electron chi connectivity index (χ2n) is 6.18. The zero-order valence-corrected chi connectivity index (χ0v) is 14.6. The zero-order valence-electron chi connectivity index (χ0n) is 13.8. The fraction of sp³-hybridized carbons (Fsp3) is 0.700. The lowest BCUT2D eigenvalue weighted by molar-refractivity contribution is 0.544. The van der Waals surface area contributed by atoms with Gasteiger partial charge in [-0.1, -0.05) is 95.2 Å². The average molecular weight is 308 g/mol. The van der Waals surface area contributed by atoms with Crippen LogP contribution in [0, 0.1) is 6.07 Å². The summed E-state index contributed by atoms with van der Waals surface area (Å²) in [6, 6.07) is 9.15. The molecule has 0 saturated heterocycles. The quantitative estimate of drug-likeness (QED) is 0.333. The minimum absolute atomic E-state index is 0.716. The van der Waals surface area contributed by atoms with Gasteiger partial charge in [0, 0.05) is 11.1 Å². The molecule has 0 bridgehead atoms. The van der Waals surface area contributed by atoms with Crippen molar-refractivity contribution in [2.45, 2.75) is 90.4 Å². The van der Waals surface area contributed by atoms with Gasteiger partial charge in [-0.05, 0) is 30.5 Å². The summed E-state index contributed by atoms with van der Waals surface area (Å²) >= 11 is 5.84. The molecule has 21 heavy (non-hydrogen) atoms. The maximum absolute atomic E-state index is 5.84. The Balaban J connectivity index is 1.81. The first-order chi connectivity index (χ1) is 10.3. The molecule has 0 aliphatic rings. The molecule has 1 radical (unpaired) electrons.